The number of rotatable bonds is 4. The number of likely N-dealkylation sites (tertiary alicyclic amines) is 1. The third kappa shape index (κ3) is 4.44. The monoisotopic (exact) mass is 308 g/mol. The summed E-state index contributed by atoms with van der Waals surface area (Å²) in [5.41, 5.74) is 0.396. The van der Waals surface area contributed by atoms with E-state index in [0.717, 1.165) is 12.8 Å². The van der Waals surface area contributed by atoms with Gasteiger partial charge in [0.1, 0.15) is 5.82 Å². The fourth-order valence-corrected chi connectivity index (χ4v) is 2.58. The molecule has 0 aliphatic carbocycles. The number of halogens is 1. The first-order valence-corrected chi connectivity index (χ1v) is 7.54. The van der Waals surface area contributed by atoms with Gasteiger partial charge in [-0.05, 0) is 31.4 Å². The first-order chi connectivity index (χ1) is 10.6. The molecule has 5 nitrogen and oxygen atoms in total. The first kappa shape index (κ1) is 16.3. The second kappa shape index (κ2) is 7.77. The van der Waals surface area contributed by atoms with Crippen molar-refractivity contribution in [1.29, 1.82) is 0 Å². The van der Waals surface area contributed by atoms with Crippen molar-refractivity contribution >= 4 is 12.0 Å². The molecule has 0 radical (unpaired) electrons. The predicted octanol–water partition coefficient (Wildman–Crippen LogP) is 2.11. The standard InChI is InChI=1S/C16H21FN2O3/c1-2-22-16(21)18-13-7-5-9-19(11-13)15(20)10-12-6-3-4-8-14(12)17/h3-4,6,8,13H,2,5,7,9-11H2,1H3,(H,18,21)/t13-/m0/s1. The van der Waals surface area contributed by atoms with E-state index in [4.69, 9.17) is 4.74 Å². The second-order valence-corrected chi connectivity index (χ2v) is 5.31. The molecule has 1 aromatic rings. The molecular formula is C16H21FN2O3. The maximum atomic E-state index is 13.6. The molecule has 6 heteroatoms. The van der Waals surface area contributed by atoms with Crippen LogP contribution < -0.4 is 5.32 Å². The van der Waals surface area contributed by atoms with E-state index >= 15 is 0 Å². The summed E-state index contributed by atoms with van der Waals surface area (Å²) in [6.07, 6.45) is 1.19. The molecule has 2 amide bonds. The number of benzene rings is 1. The molecule has 1 heterocycles. The van der Waals surface area contributed by atoms with Crippen molar-refractivity contribution in [3.63, 3.8) is 0 Å². The van der Waals surface area contributed by atoms with Crippen LogP contribution in [-0.4, -0.2) is 42.6 Å². The molecule has 0 bridgehead atoms. The lowest BCUT2D eigenvalue weighted by Crippen LogP contribution is -2.50. The molecule has 0 unspecified atom stereocenters. The van der Waals surface area contributed by atoms with Crippen LogP contribution in [0.2, 0.25) is 0 Å². The predicted molar refractivity (Wildman–Crippen MR) is 79.9 cm³/mol. The largest absolute Gasteiger partial charge is 0.450 e. The van der Waals surface area contributed by atoms with Crippen LogP contribution in [0.25, 0.3) is 0 Å². The highest BCUT2D eigenvalue weighted by Gasteiger charge is 2.25. The quantitative estimate of drug-likeness (QED) is 0.927. The number of amides is 2. The van der Waals surface area contributed by atoms with Crippen LogP contribution in [0.3, 0.4) is 0 Å². The zero-order chi connectivity index (χ0) is 15.9. The number of hydrogen-bond donors (Lipinski definition) is 1. The number of hydrogen-bond acceptors (Lipinski definition) is 3. The van der Waals surface area contributed by atoms with Crippen LogP contribution in [0.1, 0.15) is 25.3 Å². The summed E-state index contributed by atoms with van der Waals surface area (Å²) in [5, 5.41) is 2.75. The van der Waals surface area contributed by atoms with Gasteiger partial charge in [-0.2, -0.15) is 0 Å². The Bertz CT molecular complexity index is 536. The summed E-state index contributed by atoms with van der Waals surface area (Å²) in [7, 11) is 0. The zero-order valence-corrected chi connectivity index (χ0v) is 12.7. The second-order valence-electron chi connectivity index (χ2n) is 5.31. The molecule has 22 heavy (non-hydrogen) atoms. The summed E-state index contributed by atoms with van der Waals surface area (Å²) in [4.78, 5) is 25.4. The fourth-order valence-electron chi connectivity index (χ4n) is 2.58. The smallest absolute Gasteiger partial charge is 0.407 e. The van der Waals surface area contributed by atoms with Gasteiger partial charge in [0.2, 0.25) is 5.91 Å². The Labute approximate surface area is 129 Å². The van der Waals surface area contributed by atoms with E-state index < -0.39 is 6.09 Å². The number of nitrogens with one attached hydrogen (secondary N) is 1. The number of piperidine rings is 1. The van der Waals surface area contributed by atoms with Gasteiger partial charge in [0.15, 0.2) is 0 Å². The highest BCUT2D eigenvalue weighted by molar-refractivity contribution is 5.79. The van der Waals surface area contributed by atoms with Gasteiger partial charge in [0.05, 0.1) is 13.0 Å². The van der Waals surface area contributed by atoms with Crippen LogP contribution in [0, 0.1) is 5.82 Å². The molecule has 1 fully saturated rings. The minimum Gasteiger partial charge on any atom is -0.450 e. The van der Waals surface area contributed by atoms with Gasteiger partial charge in [-0.15, -0.1) is 0 Å². The van der Waals surface area contributed by atoms with E-state index in [1.807, 2.05) is 0 Å². The van der Waals surface area contributed by atoms with E-state index in [1.54, 1.807) is 30.0 Å². The molecular weight excluding hydrogens is 287 g/mol. The van der Waals surface area contributed by atoms with Crippen LogP contribution in [0.5, 0.6) is 0 Å². The van der Waals surface area contributed by atoms with Gasteiger partial charge in [0, 0.05) is 19.1 Å². The van der Waals surface area contributed by atoms with Crippen molar-refractivity contribution in [1.82, 2.24) is 10.2 Å². The molecule has 1 aliphatic rings. The molecule has 120 valence electrons. The van der Waals surface area contributed by atoms with E-state index in [1.165, 1.54) is 6.07 Å². The van der Waals surface area contributed by atoms with Crippen molar-refractivity contribution < 1.29 is 18.7 Å². The van der Waals surface area contributed by atoms with Crippen molar-refractivity contribution in [2.75, 3.05) is 19.7 Å². The van der Waals surface area contributed by atoms with Crippen LogP contribution in [0.4, 0.5) is 9.18 Å². The summed E-state index contributed by atoms with van der Waals surface area (Å²) < 4.78 is 18.5. The van der Waals surface area contributed by atoms with Gasteiger partial charge >= 0.3 is 6.09 Å². The highest BCUT2D eigenvalue weighted by atomic mass is 19.1. The van der Waals surface area contributed by atoms with E-state index in [2.05, 4.69) is 5.32 Å². The minimum atomic E-state index is -0.462. The Kier molecular flexibility index (Phi) is 5.75. The maximum Gasteiger partial charge on any atom is 0.407 e. The molecule has 1 aromatic carbocycles. The average Bonchev–Trinajstić information content (AvgIpc) is 2.50. The molecule has 2 rings (SSSR count). The SMILES string of the molecule is CCOC(=O)N[C@H]1CCCN(C(=O)Cc2ccccc2F)C1. The van der Waals surface area contributed by atoms with E-state index in [9.17, 15) is 14.0 Å². The molecule has 1 N–H and O–H groups in total. The van der Waals surface area contributed by atoms with E-state index in [0.29, 0.717) is 25.3 Å². The first-order valence-electron chi connectivity index (χ1n) is 7.54. The number of carbonyl (C=O) groups is 2. The van der Waals surface area contributed by atoms with Gasteiger partial charge in [-0.3, -0.25) is 4.79 Å². The highest BCUT2D eigenvalue weighted by Crippen LogP contribution is 2.14. The summed E-state index contributed by atoms with van der Waals surface area (Å²) in [6.45, 7) is 3.12. The van der Waals surface area contributed by atoms with Crippen molar-refractivity contribution in [2.45, 2.75) is 32.2 Å². The Balaban J connectivity index is 1.90. The maximum absolute atomic E-state index is 13.6. The summed E-state index contributed by atoms with van der Waals surface area (Å²) in [6, 6.07) is 6.17. The third-order valence-electron chi connectivity index (χ3n) is 3.67. The van der Waals surface area contributed by atoms with Crippen LogP contribution in [-0.2, 0) is 16.0 Å². The lowest BCUT2D eigenvalue weighted by molar-refractivity contribution is -0.131. The lowest BCUT2D eigenvalue weighted by atomic mass is 10.0. The van der Waals surface area contributed by atoms with Crippen LogP contribution in [0.15, 0.2) is 24.3 Å². The molecule has 1 aliphatic heterocycles. The lowest BCUT2D eigenvalue weighted by Gasteiger charge is -2.33. The Morgan fingerprint density at radius 3 is 2.91 bits per heavy atom. The van der Waals surface area contributed by atoms with Crippen molar-refractivity contribution in [3.05, 3.63) is 35.6 Å². The van der Waals surface area contributed by atoms with Crippen LogP contribution >= 0.6 is 0 Å². The third-order valence-corrected chi connectivity index (χ3v) is 3.67. The Morgan fingerprint density at radius 2 is 2.18 bits per heavy atom. The molecule has 0 spiro atoms. The number of alkyl carbamates (subject to hydrolysis) is 1. The topological polar surface area (TPSA) is 58.6 Å². The zero-order valence-electron chi connectivity index (χ0n) is 12.7. The van der Waals surface area contributed by atoms with Gasteiger partial charge in [-0.1, -0.05) is 18.2 Å². The number of nitrogens with zero attached hydrogens (tertiary/aromatic N) is 1. The van der Waals surface area contributed by atoms with Crippen molar-refractivity contribution in [2.24, 2.45) is 0 Å². The van der Waals surface area contributed by atoms with E-state index in [-0.39, 0.29) is 24.2 Å². The molecule has 0 aromatic heterocycles. The fraction of sp³-hybridized carbons (Fsp3) is 0.500. The molecule has 1 saturated heterocycles. The summed E-state index contributed by atoms with van der Waals surface area (Å²) >= 11 is 0. The molecule has 0 saturated carbocycles. The van der Waals surface area contributed by atoms with Gasteiger partial charge < -0.3 is 15.0 Å². The van der Waals surface area contributed by atoms with Gasteiger partial charge in [0.25, 0.3) is 0 Å². The minimum absolute atomic E-state index is 0.0405. The number of ether oxygens (including phenoxy) is 1. The van der Waals surface area contributed by atoms with Gasteiger partial charge in [-0.25, -0.2) is 9.18 Å². The normalized spacial score (nSPS) is 17.9. The Morgan fingerprint density at radius 1 is 1.41 bits per heavy atom. The summed E-state index contributed by atoms with van der Waals surface area (Å²) in [5.74, 6) is -0.491. The molecule has 1 atom stereocenters. The average molecular weight is 308 g/mol. The Hall–Kier alpha value is -2.11. The van der Waals surface area contributed by atoms with Crippen molar-refractivity contribution in [3.8, 4) is 0 Å². The number of carbonyl (C=O) groups excluding carboxylic acids is 2.